The van der Waals surface area contributed by atoms with Crippen LogP contribution >= 0.6 is 0 Å². The highest BCUT2D eigenvalue weighted by molar-refractivity contribution is 5.97. The van der Waals surface area contributed by atoms with Crippen LogP contribution in [-0.4, -0.2) is 49.5 Å². The number of nitrogens with one attached hydrogen (secondary N) is 3. The number of hydrogen-bond donors (Lipinski definition) is 4. The molecule has 10 heteroatoms. The number of carboxylic acids is 1. The van der Waals surface area contributed by atoms with Crippen molar-refractivity contribution in [2.24, 2.45) is 5.92 Å². The summed E-state index contributed by atoms with van der Waals surface area (Å²) in [6, 6.07) is 9.58. The third-order valence-electron chi connectivity index (χ3n) is 5.39. The number of Topliss-reactive ketones (excluding diaryl/α,β-unsaturated/α-hetero) is 1. The van der Waals surface area contributed by atoms with Crippen molar-refractivity contribution in [1.29, 1.82) is 0 Å². The lowest BCUT2D eigenvalue weighted by Crippen LogP contribution is -2.34. The molecule has 2 heterocycles. The number of amides is 1. The summed E-state index contributed by atoms with van der Waals surface area (Å²) in [5, 5.41) is 18.1. The summed E-state index contributed by atoms with van der Waals surface area (Å²) in [5.74, 6) is -3.27. The fraction of sp³-hybridized carbons (Fsp3) is 0.304. The SMILES string of the molecule is CC(CNC(=O)c1ncc(C(=O)CC(C)(C)c2ccc(-c3ccn[nH]3)cc2)c(=O)[nH]1)C(=O)O. The molecule has 0 aliphatic carbocycles. The predicted octanol–water partition coefficient (Wildman–Crippen LogP) is 2.16. The van der Waals surface area contributed by atoms with Gasteiger partial charge in [0.15, 0.2) is 11.6 Å². The normalized spacial score (nSPS) is 12.2. The summed E-state index contributed by atoms with van der Waals surface area (Å²) in [6.07, 6.45) is 2.81. The molecular formula is C23H25N5O5. The molecule has 10 nitrogen and oxygen atoms in total. The lowest BCUT2D eigenvalue weighted by Gasteiger charge is -2.24. The first-order valence-corrected chi connectivity index (χ1v) is 10.3. The fourth-order valence-corrected chi connectivity index (χ4v) is 3.24. The highest BCUT2D eigenvalue weighted by atomic mass is 16.4. The summed E-state index contributed by atoms with van der Waals surface area (Å²) in [7, 11) is 0. The predicted molar refractivity (Wildman–Crippen MR) is 120 cm³/mol. The molecule has 3 aromatic rings. The number of benzene rings is 1. The van der Waals surface area contributed by atoms with Crippen molar-refractivity contribution in [3.05, 3.63) is 70.0 Å². The molecule has 0 aliphatic heterocycles. The van der Waals surface area contributed by atoms with E-state index in [-0.39, 0.29) is 24.4 Å². The maximum absolute atomic E-state index is 12.8. The van der Waals surface area contributed by atoms with Crippen molar-refractivity contribution < 1.29 is 19.5 Å². The standard InChI is InChI=1S/C23H25N5O5/c1-13(22(32)33)11-25-21(31)19-24-12-16(20(30)27-19)18(29)10-23(2,3)15-6-4-14(5-7-15)17-8-9-26-28-17/h4-9,12-13H,10-11H2,1-3H3,(H,25,31)(H,26,28)(H,32,33)(H,24,27,30). The number of ketones is 1. The van der Waals surface area contributed by atoms with Crippen LogP contribution in [0, 0.1) is 5.92 Å². The average Bonchev–Trinajstić information content (AvgIpc) is 3.31. The molecule has 0 spiro atoms. The molecule has 33 heavy (non-hydrogen) atoms. The van der Waals surface area contributed by atoms with Crippen LogP contribution in [0.1, 0.15) is 53.7 Å². The van der Waals surface area contributed by atoms with E-state index in [1.54, 1.807) is 6.20 Å². The highest BCUT2D eigenvalue weighted by Gasteiger charge is 2.27. The van der Waals surface area contributed by atoms with Gasteiger partial charge in [-0.2, -0.15) is 5.10 Å². The Kier molecular flexibility index (Phi) is 6.86. The second kappa shape index (κ2) is 9.60. The molecule has 4 N–H and O–H groups in total. The van der Waals surface area contributed by atoms with Gasteiger partial charge in [0, 0.05) is 25.4 Å². The topological polar surface area (TPSA) is 158 Å². The summed E-state index contributed by atoms with van der Waals surface area (Å²) in [5.41, 5.74) is 1.34. The summed E-state index contributed by atoms with van der Waals surface area (Å²) in [6.45, 7) is 5.13. The van der Waals surface area contributed by atoms with Crippen LogP contribution in [0.4, 0.5) is 0 Å². The van der Waals surface area contributed by atoms with Crippen LogP contribution in [0.5, 0.6) is 0 Å². The van der Waals surface area contributed by atoms with Crippen LogP contribution in [0.3, 0.4) is 0 Å². The van der Waals surface area contributed by atoms with Crippen LogP contribution < -0.4 is 10.9 Å². The second-order valence-electron chi connectivity index (χ2n) is 8.46. The van der Waals surface area contributed by atoms with E-state index in [2.05, 4.69) is 25.5 Å². The minimum Gasteiger partial charge on any atom is -0.481 e. The summed E-state index contributed by atoms with van der Waals surface area (Å²) >= 11 is 0. The molecule has 1 aromatic carbocycles. The van der Waals surface area contributed by atoms with E-state index < -0.39 is 34.6 Å². The number of carbonyl (C=O) groups is 3. The first kappa shape index (κ1) is 23.6. The molecule has 172 valence electrons. The van der Waals surface area contributed by atoms with E-state index in [0.717, 1.165) is 23.0 Å². The largest absolute Gasteiger partial charge is 0.481 e. The molecule has 3 rings (SSSR count). The number of aromatic amines is 2. The number of aromatic nitrogens is 4. The minimum atomic E-state index is -1.06. The van der Waals surface area contributed by atoms with E-state index in [4.69, 9.17) is 5.11 Å². The first-order valence-electron chi connectivity index (χ1n) is 10.3. The van der Waals surface area contributed by atoms with E-state index in [0.29, 0.717) is 0 Å². The number of carbonyl (C=O) groups excluding carboxylic acids is 2. The number of H-pyrrole nitrogens is 2. The van der Waals surface area contributed by atoms with E-state index >= 15 is 0 Å². The van der Waals surface area contributed by atoms with Crippen molar-refractivity contribution in [3.8, 4) is 11.3 Å². The zero-order valence-electron chi connectivity index (χ0n) is 18.5. The fourth-order valence-electron chi connectivity index (χ4n) is 3.24. The maximum atomic E-state index is 12.8. The van der Waals surface area contributed by atoms with Gasteiger partial charge in [-0.15, -0.1) is 0 Å². The maximum Gasteiger partial charge on any atom is 0.308 e. The zero-order valence-corrected chi connectivity index (χ0v) is 18.5. The lowest BCUT2D eigenvalue weighted by molar-refractivity contribution is -0.140. The Balaban J connectivity index is 1.69. The monoisotopic (exact) mass is 451 g/mol. The minimum absolute atomic E-state index is 0.0584. The van der Waals surface area contributed by atoms with Crippen LogP contribution in [-0.2, 0) is 10.2 Å². The van der Waals surface area contributed by atoms with Gasteiger partial charge >= 0.3 is 5.97 Å². The van der Waals surface area contributed by atoms with Gasteiger partial charge in [-0.05, 0) is 22.6 Å². The van der Waals surface area contributed by atoms with Crippen LogP contribution in [0.2, 0.25) is 0 Å². The lowest BCUT2D eigenvalue weighted by atomic mass is 9.79. The van der Waals surface area contributed by atoms with Gasteiger partial charge in [-0.25, -0.2) is 4.98 Å². The first-order chi connectivity index (χ1) is 15.6. The molecule has 0 saturated carbocycles. The summed E-state index contributed by atoms with van der Waals surface area (Å²) in [4.78, 5) is 54.4. The smallest absolute Gasteiger partial charge is 0.308 e. The molecule has 2 aromatic heterocycles. The molecule has 1 atom stereocenters. The molecule has 1 amide bonds. The molecule has 0 bridgehead atoms. The Morgan fingerprint density at radius 2 is 1.85 bits per heavy atom. The van der Waals surface area contributed by atoms with Crippen molar-refractivity contribution in [3.63, 3.8) is 0 Å². The van der Waals surface area contributed by atoms with Crippen molar-refractivity contribution in [2.45, 2.75) is 32.6 Å². The zero-order chi connectivity index (χ0) is 24.2. The quantitative estimate of drug-likeness (QED) is 0.363. The van der Waals surface area contributed by atoms with Crippen molar-refractivity contribution in [1.82, 2.24) is 25.5 Å². The van der Waals surface area contributed by atoms with Gasteiger partial charge in [0.25, 0.3) is 11.5 Å². The third-order valence-corrected chi connectivity index (χ3v) is 5.39. The molecule has 0 fully saturated rings. The molecule has 0 saturated heterocycles. The number of rotatable bonds is 9. The Hall–Kier alpha value is -4.08. The summed E-state index contributed by atoms with van der Waals surface area (Å²) < 4.78 is 0. The van der Waals surface area contributed by atoms with Crippen LogP contribution in [0.25, 0.3) is 11.3 Å². The van der Waals surface area contributed by atoms with Gasteiger partial charge in [-0.3, -0.25) is 24.3 Å². The van der Waals surface area contributed by atoms with Gasteiger partial charge in [0.1, 0.15) is 5.56 Å². The molecule has 0 aliphatic rings. The number of carboxylic acid groups (broad SMARTS) is 1. The number of hydrogen-bond acceptors (Lipinski definition) is 6. The van der Waals surface area contributed by atoms with Gasteiger partial charge in [-0.1, -0.05) is 45.0 Å². The Morgan fingerprint density at radius 1 is 1.15 bits per heavy atom. The van der Waals surface area contributed by atoms with Gasteiger partial charge in [0.2, 0.25) is 0 Å². The number of aliphatic carboxylic acids is 1. The van der Waals surface area contributed by atoms with Crippen LogP contribution in [0.15, 0.2) is 47.5 Å². The third kappa shape index (κ3) is 5.59. The Bertz CT molecular complexity index is 1210. The molecular weight excluding hydrogens is 426 g/mol. The van der Waals surface area contributed by atoms with E-state index in [9.17, 15) is 19.2 Å². The molecule has 0 radical (unpaired) electrons. The highest BCUT2D eigenvalue weighted by Crippen LogP contribution is 2.30. The van der Waals surface area contributed by atoms with E-state index in [1.165, 1.54) is 6.92 Å². The Morgan fingerprint density at radius 3 is 2.42 bits per heavy atom. The number of nitrogens with zero attached hydrogens (tertiary/aromatic N) is 2. The van der Waals surface area contributed by atoms with Crippen molar-refractivity contribution >= 4 is 17.7 Å². The second-order valence-corrected chi connectivity index (χ2v) is 8.46. The molecule has 1 unspecified atom stereocenters. The van der Waals surface area contributed by atoms with E-state index in [1.807, 2.05) is 44.2 Å². The Labute approximate surface area is 189 Å². The van der Waals surface area contributed by atoms with Gasteiger partial charge < -0.3 is 15.4 Å². The average molecular weight is 451 g/mol. The van der Waals surface area contributed by atoms with Gasteiger partial charge in [0.05, 0.1) is 11.6 Å². The van der Waals surface area contributed by atoms with Crippen molar-refractivity contribution in [2.75, 3.05) is 6.54 Å².